The van der Waals surface area contributed by atoms with E-state index in [1.54, 1.807) is 29.1 Å². The standard InChI is InChI=1S/C20H19FN4O2/c21-15-4-9-18(10-5-15)25-12-11-24(20(25)26)17-7-2-14(3-8-17)1-6-16-13-27-19(22)23-16/h2-5,7-12,16H,1,6,13H2,(H2,22,23)/t16-/m0/s1. The van der Waals surface area contributed by atoms with E-state index in [0.717, 1.165) is 24.1 Å². The van der Waals surface area contributed by atoms with Crippen LogP contribution in [0.2, 0.25) is 0 Å². The number of aryl methyl sites for hydroxylation is 1. The number of amidine groups is 1. The largest absolute Gasteiger partial charge is 0.463 e. The third kappa shape index (κ3) is 3.62. The Balaban J connectivity index is 1.49. The molecule has 2 heterocycles. The number of benzene rings is 2. The number of imidazole rings is 1. The van der Waals surface area contributed by atoms with Gasteiger partial charge in [-0.05, 0) is 54.8 Å². The minimum Gasteiger partial charge on any atom is -0.463 e. The third-order valence-electron chi connectivity index (χ3n) is 4.60. The highest BCUT2D eigenvalue weighted by Gasteiger charge is 2.16. The van der Waals surface area contributed by atoms with E-state index in [2.05, 4.69) is 4.99 Å². The van der Waals surface area contributed by atoms with E-state index in [1.807, 2.05) is 24.3 Å². The van der Waals surface area contributed by atoms with Crippen molar-refractivity contribution in [2.24, 2.45) is 10.7 Å². The lowest BCUT2D eigenvalue weighted by molar-refractivity contribution is 0.308. The molecule has 1 aliphatic heterocycles. The summed E-state index contributed by atoms with van der Waals surface area (Å²) in [5.74, 6) is -0.334. The Morgan fingerprint density at radius 2 is 1.63 bits per heavy atom. The lowest BCUT2D eigenvalue weighted by Crippen LogP contribution is -2.21. The molecule has 2 aromatic carbocycles. The number of nitrogens with zero attached hydrogens (tertiary/aromatic N) is 3. The number of aliphatic imine (C=N–C) groups is 1. The average Bonchev–Trinajstić information content (AvgIpc) is 3.27. The fourth-order valence-electron chi connectivity index (χ4n) is 3.11. The van der Waals surface area contributed by atoms with Gasteiger partial charge in [-0.15, -0.1) is 0 Å². The predicted molar refractivity (Wildman–Crippen MR) is 101 cm³/mol. The molecule has 6 nitrogen and oxygen atoms in total. The van der Waals surface area contributed by atoms with Crippen LogP contribution >= 0.6 is 0 Å². The Morgan fingerprint density at radius 3 is 2.19 bits per heavy atom. The van der Waals surface area contributed by atoms with Crippen molar-refractivity contribution in [2.75, 3.05) is 6.61 Å². The van der Waals surface area contributed by atoms with Crippen LogP contribution in [0.5, 0.6) is 0 Å². The summed E-state index contributed by atoms with van der Waals surface area (Å²) in [4.78, 5) is 16.9. The molecular formula is C20H19FN4O2. The maximum atomic E-state index is 13.1. The fourth-order valence-corrected chi connectivity index (χ4v) is 3.11. The smallest absolute Gasteiger partial charge is 0.337 e. The summed E-state index contributed by atoms with van der Waals surface area (Å²) in [6.45, 7) is 0.538. The summed E-state index contributed by atoms with van der Waals surface area (Å²) in [6, 6.07) is 14.0. The zero-order valence-corrected chi connectivity index (χ0v) is 14.6. The van der Waals surface area contributed by atoms with E-state index in [9.17, 15) is 9.18 Å². The Hall–Kier alpha value is -3.35. The molecule has 4 rings (SSSR count). The molecule has 0 unspecified atom stereocenters. The zero-order valence-electron chi connectivity index (χ0n) is 14.6. The average molecular weight is 366 g/mol. The number of hydrogen-bond donors (Lipinski definition) is 1. The molecule has 0 fully saturated rings. The fraction of sp³-hybridized carbons (Fsp3) is 0.200. The third-order valence-corrected chi connectivity index (χ3v) is 4.60. The molecule has 0 saturated heterocycles. The molecule has 27 heavy (non-hydrogen) atoms. The summed E-state index contributed by atoms with van der Waals surface area (Å²) in [7, 11) is 0. The van der Waals surface area contributed by atoms with Crippen molar-refractivity contribution >= 4 is 6.02 Å². The normalized spacial score (nSPS) is 16.2. The van der Waals surface area contributed by atoms with E-state index >= 15 is 0 Å². The number of aromatic nitrogens is 2. The zero-order chi connectivity index (χ0) is 18.8. The Labute approximate surface area is 155 Å². The highest BCUT2D eigenvalue weighted by molar-refractivity contribution is 5.73. The molecule has 1 atom stereocenters. The van der Waals surface area contributed by atoms with E-state index in [4.69, 9.17) is 10.5 Å². The number of nitrogens with two attached hydrogens (primary N) is 1. The minimum atomic E-state index is -0.334. The van der Waals surface area contributed by atoms with Gasteiger partial charge in [-0.25, -0.2) is 14.2 Å². The van der Waals surface area contributed by atoms with Gasteiger partial charge in [0.25, 0.3) is 6.02 Å². The van der Waals surface area contributed by atoms with Gasteiger partial charge in [-0.3, -0.25) is 9.13 Å². The van der Waals surface area contributed by atoms with Crippen LogP contribution in [0.3, 0.4) is 0 Å². The quantitative estimate of drug-likeness (QED) is 0.754. The molecule has 0 amide bonds. The molecular weight excluding hydrogens is 347 g/mol. The van der Waals surface area contributed by atoms with Gasteiger partial charge in [0.15, 0.2) is 0 Å². The van der Waals surface area contributed by atoms with E-state index in [1.165, 1.54) is 16.7 Å². The first-order chi connectivity index (χ1) is 13.1. The van der Waals surface area contributed by atoms with Crippen LogP contribution < -0.4 is 11.4 Å². The van der Waals surface area contributed by atoms with Crippen LogP contribution in [0, 0.1) is 5.82 Å². The van der Waals surface area contributed by atoms with Crippen LogP contribution in [-0.2, 0) is 11.2 Å². The van der Waals surface area contributed by atoms with Crippen LogP contribution in [0.4, 0.5) is 4.39 Å². The van der Waals surface area contributed by atoms with Crippen LogP contribution in [0.25, 0.3) is 11.4 Å². The maximum Gasteiger partial charge on any atom is 0.337 e. The molecule has 0 bridgehead atoms. The molecule has 7 heteroatoms. The molecule has 1 aliphatic rings. The van der Waals surface area contributed by atoms with Crippen LogP contribution in [0.1, 0.15) is 12.0 Å². The van der Waals surface area contributed by atoms with E-state index in [0.29, 0.717) is 12.3 Å². The highest BCUT2D eigenvalue weighted by Crippen LogP contribution is 2.14. The second-order valence-electron chi connectivity index (χ2n) is 6.43. The van der Waals surface area contributed by atoms with Crippen molar-refractivity contribution in [3.63, 3.8) is 0 Å². The Kier molecular flexibility index (Phi) is 4.50. The Bertz CT molecular complexity index is 1020. The molecule has 138 valence electrons. The summed E-state index contributed by atoms with van der Waals surface area (Å²) >= 11 is 0. The first-order valence-corrected chi connectivity index (χ1v) is 8.71. The molecule has 0 spiro atoms. The summed E-state index contributed by atoms with van der Waals surface area (Å²) in [5.41, 5.74) is 7.87. The molecule has 0 saturated carbocycles. The minimum absolute atomic E-state index is 0.108. The molecule has 0 aliphatic carbocycles. The highest BCUT2D eigenvalue weighted by atomic mass is 19.1. The molecule has 3 aromatic rings. The van der Waals surface area contributed by atoms with Crippen molar-refractivity contribution in [2.45, 2.75) is 18.9 Å². The van der Waals surface area contributed by atoms with Gasteiger partial charge < -0.3 is 10.5 Å². The van der Waals surface area contributed by atoms with Crippen molar-refractivity contribution < 1.29 is 9.13 Å². The first-order valence-electron chi connectivity index (χ1n) is 8.71. The number of hydrogen-bond acceptors (Lipinski definition) is 4. The number of rotatable bonds is 5. The lowest BCUT2D eigenvalue weighted by Gasteiger charge is -2.07. The molecule has 2 N–H and O–H groups in total. The van der Waals surface area contributed by atoms with Crippen LogP contribution in [0.15, 0.2) is 70.7 Å². The van der Waals surface area contributed by atoms with Crippen molar-refractivity contribution in [1.29, 1.82) is 0 Å². The molecule has 0 radical (unpaired) electrons. The lowest BCUT2D eigenvalue weighted by atomic mass is 10.1. The van der Waals surface area contributed by atoms with Gasteiger partial charge in [0.2, 0.25) is 0 Å². The number of ether oxygens (including phenoxy) is 1. The van der Waals surface area contributed by atoms with Gasteiger partial charge in [0, 0.05) is 12.4 Å². The first kappa shape index (κ1) is 17.1. The van der Waals surface area contributed by atoms with Gasteiger partial charge in [0.1, 0.15) is 12.4 Å². The summed E-state index contributed by atoms with van der Waals surface area (Å²) in [6.07, 6.45) is 5.09. The SMILES string of the molecule is NC1=N[C@@H](CCc2ccc(-n3ccn(-c4ccc(F)cc4)c3=O)cc2)CO1. The van der Waals surface area contributed by atoms with Gasteiger partial charge in [-0.1, -0.05) is 12.1 Å². The van der Waals surface area contributed by atoms with Crippen molar-refractivity contribution in [3.05, 3.63) is 82.8 Å². The van der Waals surface area contributed by atoms with Crippen molar-refractivity contribution in [3.8, 4) is 11.4 Å². The van der Waals surface area contributed by atoms with E-state index in [-0.39, 0.29) is 23.6 Å². The maximum absolute atomic E-state index is 13.1. The monoisotopic (exact) mass is 366 g/mol. The van der Waals surface area contributed by atoms with Gasteiger partial charge in [-0.2, -0.15) is 0 Å². The molecule has 1 aromatic heterocycles. The second kappa shape index (κ2) is 7.11. The second-order valence-corrected chi connectivity index (χ2v) is 6.43. The predicted octanol–water partition coefficient (Wildman–Crippen LogP) is 2.41. The van der Waals surface area contributed by atoms with Crippen LogP contribution in [-0.4, -0.2) is 27.8 Å². The summed E-state index contributed by atoms with van der Waals surface area (Å²) in [5, 5.41) is 0. The topological polar surface area (TPSA) is 74.5 Å². The van der Waals surface area contributed by atoms with E-state index < -0.39 is 0 Å². The Morgan fingerprint density at radius 1 is 1.04 bits per heavy atom. The van der Waals surface area contributed by atoms with Gasteiger partial charge in [0.05, 0.1) is 17.4 Å². The van der Waals surface area contributed by atoms with Crippen molar-refractivity contribution in [1.82, 2.24) is 9.13 Å². The summed E-state index contributed by atoms with van der Waals surface area (Å²) < 4.78 is 21.3. The van der Waals surface area contributed by atoms with Gasteiger partial charge >= 0.3 is 5.69 Å². The number of halogens is 1.